The van der Waals surface area contributed by atoms with Crippen molar-refractivity contribution in [3.8, 4) is 5.69 Å². The minimum absolute atomic E-state index is 0.0448. The highest BCUT2D eigenvalue weighted by molar-refractivity contribution is 6.05. The SMILES string of the molecule is CC[C@H](NC(=O)c1nn(-c2ccccc2)nc1N)c1ccc(C(=O)Nc2ccccc2N)cc1. The Labute approximate surface area is 196 Å². The number of nitrogens with zero attached hydrogens (tertiary/aromatic N) is 3. The van der Waals surface area contributed by atoms with Gasteiger partial charge in [-0.1, -0.05) is 49.4 Å². The molecular weight excluding hydrogens is 430 g/mol. The van der Waals surface area contributed by atoms with Crippen molar-refractivity contribution in [3.63, 3.8) is 0 Å². The van der Waals surface area contributed by atoms with Crippen LogP contribution in [0.1, 0.15) is 45.8 Å². The molecule has 1 heterocycles. The van der Waals surface area contributed by atoms with E-state index in [-0.39, 0.29) is 23.5 Å². The molecule has 0 fully saturated rings. The Kier molecular flexibility index (Phi) is 6.54. The Morgan fingerprint density at radius 1 is 0.882 bits per heavy atom. The first kappa shape index (κ1) is 22.5. The number of hydrogen-bond donors (Lipinski definition) is 4. The molecule has 1 atom stereocenters. The van der Waals surface area contributed by atoms with Gasteiger partial charge in [0.05, 0.1) is 23.1 Å². The van der Waals surface area contributed by atoms with Gasteiger partial charge >= 0.3 is 0 Å². The predicted octanol–water partition coefficient (Wildman–Crippen LogP) is 3.57. The van der Waals surface area contributed by atoms with E-state index in [9.17, 15) is 9.59 Å². The molecule has 4 rings (SSSR count). The number of para-hydroxylation sites is 3. The van der Waals surface area contributed by atoms with Gasteiger partial charge in [0.15, 0.2) is 11.5 Å². The molecule has 172 valence electrons. The average molecular weight is 456 g/mol. The summed E-state index contributed by atoms with van der Waals surface area (Å²) in [5.41, 5.74) is 15.0. The highest BCUT2D eigenvalue weighted by Gasteiger charge is 2.21. The fourth-order valence-corrected chi connectivity index (χ4v) is 3.48. The fourth-order valence-electron chi connectivity index (χ4n) is 3.48. The summed E-state index contributed by atoms with van der Waals surface area (Å²) >= 11 is 0. The van der Waals surface area contributed by atoms with Crippen molar-refractivity contribution in [2.75, 3.05) is 16.8 Å². The number of nitrogens with one attached hydrogen (secondary N) is 2. The molecule has 2 amide bonds. The summed E-state index contributed by atoms with van der Waals surface area (Å²) in [6, 6.07) is 23.0. The molecule has 0 spiro atoms. The van der Waals surface area contributed by atoms with Gasteiger partial charge in [-0.3, -0.25) is 9.59 Å². The predicted molar refractivity (Wildman–Crippen MR) is 132 cm³/mol. The number of benzene rings is 3. The second kappa shape index (κ2) is 9.86. The van der Waals surface area contributed by atoms with E-state index in [1.54, 1.807) is 36.4 Å². The monoisotopic (exact) mass is 455 g/mol. The topological polar surface area (TPSA) is 141 Å². The van der Waals surface area contributed by atoms with Gasteiger partial charge in [-0.25, -0.2) is 0 Å². The summed E-state index contributed by atoms with van der Waals surface area (Å²) < 4.78 is 0. The molecule has 0 aliphatic heterocycles. The van der Waals surface area contributed by atoms with Crippen LogP contribution >= 0.6 is 0 Å². The van der Waals surface area contributed by atoms with Gasteiger partial charge in [0.25, 0.3) is 11.8 Å². The summed E-state index contributed by atoms with van der Waals surface area (Å²) in [5, 5.41) is 14.1. The number of anilines is 3. The quantitative estimate of drug-likeness (QED) is 0.314. The number of hydrogen-bond acceptors (Lipinski definition) is 6. The maximum absolute atomic E-state index is 12.9. The van der Waals surface area contributed by atoms with Gasteiger partial charge in [0, 0.05) is 5.56 Å². The molecule has 0 saturated heterocycles. The second-order valence-electron chi connectivity index (χ2n) is 7.66. The molecule has 3 aromatic carbocycles. The normalized spacial score (nSPS) is 11.6. The zero-order valence-electron chi connectivity index (χ0n) is 18.6. The minimum Gasteiger partial charge on any atom is -0.397 e. The van der Waals surface area contributed by atoms with Gasteiger partial charge in [-0.05, 0) is 48.4 Å². The Bertz CT molecular complexity index is 1300. The molecular formula is C25H25N7O2. The van der Waals surface area contributed by atoms with Gasteiger partial charge in [0.2, 0.25) is 0 Å². The Balaban J connectivity index is 1.45. The number of carbonyl (C=O) groups is 2. The van der Waals surface area contributed by atoms with Crippen molar-refractivity contribution in [3.05, 3.63) is 95.7 Å². The van der Waals surface area contributed by atoms with Crippen LogP contribution in [0.5, 0.6) is 0 Å². The van der Waals surface area contributed by atoms with E-state index in [1.807, 2.05) is 49.4 Å². The average Bonchev–Trinajstić information content (AvgIpc) is 3.26. The first-order valence-electron chi connectivity index (χ1n) is 10.8. The zero-order chi connectivity index (χ0) is 24.1. The van der Waals surface area contributed by atoms with E-state index in [2.05, 4.69) is 20.8 Å². The Hall–Kier alpha value is -4.66. The molecule has 0 aliphatic carbocycles. The molecule has 9 nitrogen and oxygen atoms in total. The third-order valence-electron chi connectivity index (χ3n) is 5.34. The summed E-state index contributed by atoms with van der Waals surface area (Å²) in [7, 11) is 0. The lowest BCUT2D eigenvalue weighted by atomic mass is 10.0. The lowest BCUT2D eigenvalue weighted by Gasteiger charge is -2.17. The lowest BCUT2D eigenvalue weighted by Crippen LogP contribution is -2.29. The molecule has 0 radical (unpaired) electrons. The van der Waals surface area contributed by atoms with Crippen LogP contribution in [0.4, 0.5) is 17.2 Å². The van der Waals surface area contributed by atoms with E-state index in [0.717, 1.165) is 5.56 Å². The van der Waals surface area contributed by atoms with Crippen molar-refractivity contribution in [1.29, 1.82) is 0 Å². The van der Waals surface area contributed by atoms with Crippen molar-refractivity contribution in [2.45, 2.75) is 19.4 Å². The highest BCUT2D eigenvalue weighted by atomic mass is 16.2. The molecule has 0 saturated carbocycles. The van der Waals surface area contributed by atoms with Crippen molar-refractivity contribution >= 4 is 29.0 Å². The van der Waals surface area contributed by atoms with Crippen LogP contribution in [0.25, 0.3) is 5.69 Å². The van der Waals surface area contributed by atoms with Crippen LogP contribution in [0, 0.1) is 0 Å². The maximum Gasteiger partial charge on any atom is 0.276 e. The Morgan fingerprint density at radius 3 is 2.24 bits per heavy atom. The number of nitrogen functional groups attached to an aromatic ring is 2. The summed E-state index contributed by atoms with van der Waals surface area (Å²) in [6.45, 7) is 1.95. The minimum atomic E-state index is -0.423. The molecule has 1 aromatic heterocycles. The van der Waals surface area contributed by atoms with E-state index in [0.29, 0.717) is 29.0 Å². The van der Waals surface area contributed by atoms with Gasteiger partial charge in [0.1, 0.15) is 0 Å². The van der Waals surface area contributed by atoms with Gasteiger partial charge in [-0.2, -0.15) is 0 Å². The van der Waals surface area contributed by atoms with E-state index >= 15 is 0 Å². The van der Waals surface area contributed by atoms with Crippen LogP contribution in [0.3, 0.4) is 0 Å². The molecule has 6 N–H and O–H groups in total. The van der Waals surface area contributed by atoms with E-state index < -0.39 is 5.91 Å². The van der Waals surface area contributed by atoms with Crippen molar-refractivity contribution < 1.29 is 9.59 Å². The number of amides is 2. The third kappa shape index (κ3) is 4.88. The molecule has 0 unspecified atom stereocenters. The largest absolute Gasteiger partial charge is 0.397 e. The number of aromatic nitrogens is 3. The summed E-state index contributed by atoms with van der Waals surface area (Å²) in [6.07, 6.45) is 0.630. The van der Waals surface area contributed by atoms with Crippen LogP contribution in [0.15, 0.2) is 78.9 Å². The summed E-state index contributed by atoms with van der Waals surface area (Å²) in [5.74, 6) is -0.650. The van der Waals surface area contributed by atoms with Gasteiger partial charge < -0.3 is 22.1 Å². The van der Waals surface area contributed by atoms with E-state index in [1.165, 1.54) is 4.80 Å². The smallest absolute Gasteiger partial charge is 0.276 e. The first-order chi connectivity index (χ1) is 16.5. The Morgan fingerprint density at radius 2 is 1.56 bits per heavy atom. The second-order valence-corrected chi connectivity index (χ2v) is 7.66. The first-order valence-corrected chi connectivity index (χ1v) is 10.8. The van der Waals surface area contributed by atoms with Crippen molar-refractivity contribution in [2.24, 2.45) is 0 Å². The van der Waals surface area contributed by atoms with Crippen LogP contribution < -0.4 is 22.1 Å². The number of nitrogens with two attached hydrogens (primary N) is 2. The number of carbonyl (C=O) groups excluding carboxylic acids is 2. The van der Waals surface area contributed by atoms with Crippen LogP contribution in [-0.4, -0.2) is 26.8 Å². The van der Waals surface area contributed by atoms with Gasteiger partial charge in [-0.15, -0.1) is 15.0 Å². The van der Waals surface area contributed by atoms with Crippen LogP contribution in [-0.2, 0) is 0 Å². The van der Waals surface area contributed by atoms with E-state index in [4.69, 9.17) is 11.5 Å². The lowest BCUT2D eigenvalue weighted by molar-refractivity contribution is 0.0930. The van der Waals surface area contributed by atoms with Crippen molar-refractivity contribution in [1.82, 2.24) is 20.3 Å². The molecule has 34 heavy (non-hydrogen) atoms. The molecule has 4 aromatic rings. The molecule has 0 aliphatic rings. The fraction of sp³-hybridized carbons (Fsp3) is 0.120. The van der Waals surface area contributed by atoms with Crippen LogP contribution in [0.2, 0.25) is 0 Å². The molecule has 9 heteroatoms. The summed E-state index contributed by atoms with van der Waals surface area (Å²) in [4.78, 5) is 26.8. The number of rotatable bonds is 7. The third-order valence-corrected chi connectivity index (χ3v) is 5.34. The highest BCUT2D eigenvalue weighted by Crippen LogP contribution is 2.21. The maximum atomic E-state index is 12.9. The molecule has 0 bridgehead atoms. The zero-order valence-corrected chi connectivity index (χ0v) is 18.6. The standard InChI is InChI=1S/C25H25N7O2/c1-2-20(28-25(34)22-23(27)31-32(30-22)18-8-4-3-5-9-18)16-12-14-17(15-13-16)24(33)29-21-11-7-6-10-19(21)26/h3-15,20H,2,26H2,1H3,(H2,27,31)(H,28,34)(H,29,33)/t20-/m0/s1.